The highest BCUT2D eigenvalue weighted by molar-refractivity contribution is 7.92. The molecule has 39 heavy (non-hydrogen) atoms. The van der Waals surface area contributed by atoms with Crippen LogP contribution in [0.2, 0.25) is 0 Å². The van der Waals surface area contributed by atoms with E-state index in [0.29, 0.717) is 10.5 Å². The predicted molar refractivity (Wildman–Crippen MR) is 153 cm³/mol. The first-order valence-corrected chi connectivity index (χ1v) is 15.1. The largest absolute Gasteiger partial charge is 0.465 e. The van der Waals surface area contributed by atoms with Crippen LogP contribution in [-0.4, -0.2) is 31.5 Å². The minimum atomic E-state index is -3.76. The summed E-state index contributed by atoms with van der Waals surface area (Å²) in [7, 11) is -3.76. The number of anilines is 1. The molecule has 0 spiro atoms. The number of nitrogens with zero attached hydrogens (tertiary/aromatic N) is 2. The highest BCUT2D eigenvalue weighted by atomic mass is 32.2. The smallest absolute Gasteiger partial charge is 0.326 e. The van der Waals surface area contributed by atoms with E-state index < -0.39 is 21.9 Å². The number of unbranched alkanes of at least 4 members (excludes halogenated alkanes) is 1. The summed E-state index contributed by atoms with van der Waals surface area (Å²) >= 11 is 1.34. The maximum absolute atomic E-state index is 13.1. The molecule has 1 N–H and O–H groups in total. The topological polar surface area (TPSA) is 107 Å². The molecule has 8 nitrogen and oxygen atoms in total. The summed E-state index contributed by atoms with van der Waals surface area (Å²) in [4.78, 5) is 30.3. The third-order valence-corrected chi connectivity index (χ3v) is 8.51. The van der Waals surface area contributed by atoms with Crippen LogP contribution in [0.3, 0.4) is 0 Å². The molecular formula is C29H31N3O5S2. The van der Waals surface area contributed by atoms with Crippen molar-refractivity contribution in [3.63, 3.8) is 0 Å². The number of rotatable bonds is 10. The number of thiazole rings is 1. The summed E-state index contributed by atoms with van der Waals surface area (Å²) in [6.45, 7) is 5.97. The number of hydrogen-bond donors (Lipinski definition) is 1. The monoisotopic (exact) mass is 565 g/mol. The van der Waals surface area contributed by atoms with E-state index in [9.17, 15) is 18.0 Å². The van der Waals surface area contributed by atoms with Crippen molar-refractivity contribution in [3.8, 4) is 0 Å². The summed E-state index contributed by atoms with van der Waals surface area (Å²) in [5, 5.41) is 0. The average molecular weight is 566 g/mol. The minimum Gasteiger partial charge on any atom is -0.465 e. The second-order valence-corrected chi connectivity index (χ2v) is 11.8. The number of nitrogens with one attached hydrogen (secondary N) is 1. The summed E-state index contributed by atoms with van der Waals surface area (Å²) in [6, 6.07) is 18.7. The highest BCUT2D eigenvalue weighted by Crippen LogP contribution is 2.21. The standard InChI is InChI=1S/C29H31N3O5S2/c1-4-6-7-21-10-17-25-26(18-21)38-29(32(25)19-27(33)37-5-2)30-28(34)22-11-13-23(14-12-22)31-39(35,36)24-15-8-20(3)9-16-24/h8-18,31H,4-7,19H2,1-3H3. The van der Waals surface area contributed by atoms with Crippen LogP contribution >= 0.6 is 11.3 Å². The molecule has 1 heterocycles. The Morgan fingerprint density at radius 2 is 1.72 bits per heavy atom. The number of aryl methyl sites for hydroxylation is 2. The molecule has 1 amide bonds. The van der Waals surface area contributed by atoms with Gasteiger partial charge >= 0.3 is 5.97 Å². The molecule has 0 aliphatic carbocycles. The lowest BCUT2D eigenvalue weighted by molar-refractivity contribution is -0.143. The molecule has 10 heteroatoms. The quantitative estimate of drug-likeness (QED) is 0.257. The van der Waals surface area contributed by atoms with Gasteiger partial charge in [-0.25, -0.2) is 8.42 Å². The second-order valence-electron chi connectivity index (χ2n) is 9.09. The molecular weight excluding hydrogens is 534 g/mol. The van der Waals surface area contributed by atoms with E-state index in [1.165, 1.54) is 53.3 Å². The van der Waals surface area contributed by atoms with Crippen LogP contribution in [0, 0.1) is 6.92 Å². The number of aromatic nitrogens is 1. The number of esters is 1. The molecule has 0 bridgehead atoms. The summed E-state index contributed by atoms with van der Waals surface area (Å²) in [5.41, 5.74) is 3.57. The van der Waals surface area contributed by atoms with Gasteiger partial charge < -0.3 is 9.30 Å². The Morgan fingerprint density at radius 3 is 2.38 bits per heavy atom. The lowest BCUT2D eigenvalue weighted by Gasteiger charge is -2.08. The third kappa shape index (κ3) is 7.01. The molecule has 0 unspecified atom stereocenters. The van der Waals surface area contributed by atoms with E-state index >= 15 is 0 Å². The summed E-state index contributed by atoms with van der Waals surface area (Å²) in [6.07, 6.45) is 3.12. The molecule has 0 saturated heterocycles. The molecule has 0 aliphatic heterocycles. The summed E-state index contributed by atoms with van der Waals surface area (Å²) in [5.74, 6) is -0.912. The zero-order valence-electron chi connectivity index (χ0n) is 22.1. The van der Waals surface area contributed by atoms with Gasteiger partial charge in [0.1, 0.15) is 6.54 Å². The van der Waals surface area contributed by atoms with Crippen LogP contribution in [0.5, 0.6) is 0 Å². The highest BCUT2D eigenvalue weighted by Gasteiger charge is 2.16. The van der Waals surface area contributed by atoms with E-state index in [0.717, 1.165) is 35.0 Å². The van der Waals surface area contributed by atoms with Gasteiger partial charge in [0.2, 0.25) is 0 Å². The second kappa shape index (κ2) is 12.4. The Labute approximate surface area is 232 Å². The van der Waals surface area contributed by atoms with Crippen molar-refractivity contribution in [2.75, 3.05) is 11.3 Å². The fourth-order valence-corrected chi connectivity index (χ4v) is 6.14. The van der Waals surface area contributed by atoms with Gasteiger partial charge in [0.25, 0.3) is 15.9 Å². The van der Waals surface area contributed by atoms with Crippen molar-refractivity contribution in [1.29, 1.82) is 0 Å². The first-order chi connectivity index (χ1) is 18.7. The van der Waals surface area contributed by atoms with Gasteiger partial charge in [-0.05, 0) is 80.8 Å². The Kier molecular flexibility index (Phi) is 8.98. The van der Waals surface area contributed by atoms with Crippen LogP contribution in [0.15, 0.2) is 76.6 Å². The number of sulfonamides is 1. The van der Waals surface area contributed by atoms with Gasteiger partial charge in [-0.3, -0.25) is 14.3 Å². The average Bonchev–Trinajstić information content (AvgIpc) is 3.23. The van der Waals surface area contributed by atoms with Crippen LogP contribution in [0.1, 0.15) is 48.2 Å². The van der Waals surface area contributed by atoms with Gasteiger partial charge in [0.15, 0.2) is 4.80 Å². The minimum absolute atomic E-state index is 0.0615. The Hall–Kier alpha value is -3.76. The van der Waals surface area contributed by atoms with Gasteiger partial charge in [-0.15, -0.1) is 0 Å². The number of hydrogen-bond acceptors (Lipinski definition) is 6. The Morgan fingerprint density at radius 1 is 1.00 bits per heavy atom. The summed E-state index contributed by atoms with van der Waals surface area (Å²) < 4.78 is 35.6. The van der Waals surface area contributed by atoms with Crippen LogP contribution in [-0.2, 0) is 32.5 Å². The number of fused-ring (bicyclic) bond motifs is 1. The lowest BCUT2D eigenvalue weighted by Crippen LogP contribution is -2.23. The van der Waals surface area contributed by atoms with Crippen LogP contribution in [0.4, 0.5) is 5.69 Å². The van der Waals surface area contributed by atoms with E-state index in [2.05, 4.69) is 22.7 Å². The first kappa shape index (κ1) is 28.3. The normalized spacial score (nSPS) is 12.0. The van der Waals surface area contributed by atoms with Crippen LogP contribution < -0.4 is 9.52 Å². The van der Waals surface area contributed by atoms with Crippen LogP contribution in [0.25, 0.3) is 10.2 Å². The lowest BCUT2D eigenvalue weighted by atomic mass is 10.1. The van der Waals surface area contributed by atoms with Gasteiger partial charge in [0.05, 0.1) is 21.7 Å². The molecule has 0 saturated carbocycles. The number of amides is 1. The Balaban J connectivity index is 1.62. The zero-order chi connectivity index (χ0) is 28.0. The number of benzene rings is 3. The van der Waals surface area contributed by atoms with E-state index in [-0.39, 0.29) is 23.6 Å². The van der Waals surface area contributed by atoms with Gasteiger partial charge in [-0.1, -0.05) is 48.4 Å². The maximum Gasteiger partial charge on any atom is 0.326 e. The zero-order valence-corrected chi connectivity index (χ0v) is 23.8. The predicted octanol–water partition coefficient (Wildman–Crippen LogP) is 5.46. The molecule has 0 aliphatic rings. The van der Waals surface area contributed by atoms with Gasteiger partial charge in [-0.2, -0.15) is 4.99 Å². The van der Waals surface area contributed by atoms with Crippen molar-refractivity contribution in [1.82, 2.24) is 4.57 Å². The number of carbonyl (C=O) groups is 2. The third-order valence-electron chi connectivity index (χ3n) is 6.07. The Bertz CT molecular complexity index is 1650. The van der Waals surface area contributed by atoms with Crippen molar-refractivity contribution in [2.24, 2.45) is 4.99 Å². The molecule has 3 aromatic carbocycles. The molecule has 4 rings (SSSR count). The molecule has 4 aromatic rings. The number of ether oxygens (including phenoxy) is 1. The van der Waals surface area contributed by atoms with Crippen molar-refractivity contribution in [2.45, 2.75) is 51.5 Å². The van der Waals surface area contributed by atoms with Crippen molar-refractivity contribution in [3.05, 3.63) is 88.2 Å². The molecule has 1 aromatic heterocycles. The molecule has 0 fully saturated rings. The molecule has 204 valence electrons. The molecule has 0 atom stereocenters. The van der Waals surface area contributed by atoms with Crippen molar-refractivity contribution < 1.29 is 22.7 Å². The fraction of sp³-hybridized carbons (Fsp3) is 0.276. The van der Waals surface area contributed by atoms with E-state index in [1.807, 2.05) is 19.1 Å². The van der Waals surface area contributed by atoms with Crippen molar-refractivity contribution >= 4 is 49.1 Å². The maximum atomic E-state index is 13.1. The molecule has 0 radical (unpaired) electrons. The fourth-order valence-electron chi connectivity index (χ4n) is 3.99. The first-order valence-electron chi connectivity index (χ1n) is 12.8. The van der Waals surface area contributed by atoms with E-state index in [1.54, 1.807) is 23.6 Å². The van der Waals surface area contributed by atoms with E-state index in [4.69, 9.17) is 4.74 Å². The van der Waals surface area contributed by atoms with Gasteiger partial charge in [0, 0.05) is 11.3 Å². The number of carbonyl (C=O) groups excluding carboxylic acids is 2. The SMILES string of the molecule is CCCCc1ccc2c(c1)sc(=NC(=O)c1ccc(NS(=O)(=O)c3ccc(C)cc3)cc1)n2CC(=O)OCC.